The third-order valence-corrected chi connectivity index (χ3v) is 7.81. The summed E-state index contributed by atoms with van der Waals surface area (Å²) in [7, 11) is -4.41. The van der Waals surface area contributed by atoms with Crippen molar-refractivity contribution in [2.75, 3.05) is 0 Å². The van der Waals surface area contributed by atoms with Crippen molar-refractivity contribution in [3.8, 4) is 11.5 Å². The molecule has 0 aliphatic rings. The van der Waals surface area contributed by atoms with Crippen molar-refractivity contribution in [2.45, 2.75) is 4.90 Å². The molecule has 6 aromatic rings. The molecule has 0 heterocycles. The molecule has 0 aliphatic carbocycles. The summed E-state index contributed by atoms with van der Waals surface area (Å²) >= 11 is 5.95. The summed E-state index contributed by atoms with van der Waals surface area (Å²) in [6, 6.07) is 29.3. The normalized spacial score (nSPS) is 12.0. The van der Waals surface area contributed by atoms with Gasteiger partial charge in [0.1, 0.15) is 22.9 Å². The van der Waals surface area contributed by atoms with Crippen LogP contribution in [0.15, 0.2) is 145 Å². The van der Waals surface area contributed by atoms with Gasteiger partial charge in [-0.3, -0.25) is 4.55 Å². The molecule has 0 radical (unpaired) electrons. The largest absolute Gasteiger partial charge is 0.506 e. The Balaban J connectivity index is 0.00000417. The van der Waals surface area contributed by atoms with E-state index in [1.54, 1.807) is 42.5 Å². The van der Waals surface area contributed by atoms with Gasteiger partial charge in [-0.25, -0.2) is 0 Å². The van der Waals surface area contributed by atoms with Crippen LogP contribution >= 0.6 is 11.6 Å². The van der Waals surface area contributed by atoms with E-state index in [2.05, 4.69) is 30.7 Å². The first-order valence-electron chi connectivity index (χ1n) is 13.2. The summed E-state index contributed by atoms with van der Waals surface area (Å²) in [5.74, 6) is -0.438. The minimum Gasteiger partial charge on any atom is -0.506 e. The fourth-order valence-corrected chi connectivity index (χ4v) is 5.12. The Bertz CT molecular complexity index is 2300. The van der Waals surface area contributed by atoms with Crippen LogP contribution in [-0.4, -0.2) is 23.2 Å². The third-order valence-electron chi connectivity index (χ3n) is 6.71. The number of hydrogen-bond acceptors (Lipinski definition) is 10. The second-order valence-corrected chi connectivity index (χ2v) is 11.5. The van der Waals surface area contributed by atoms with Crippen LogP contribution in [0.4, 0.5) is 34.1 Å². The van der Waals surface area contributed by atoms with Gasteiger partial charge < -0.3 is 10.2 Å². The Morgan fingerprint density at radius 2 is 1.13 bits per heavy atom. The molecule has 0 saturated carbocycles. The van der Waals surface area contributed by atoms with E-state index in [1.807, 2.05) is 24.3 Å². The van der Waals surface area contributed by atoms with Gasteiger partial charge in [0.2, 0.25) is 0 Å². The molecular weight excluding hydrogens is 672 g/mol. The molecule has 0 spiro atoms. The Morgan fingerprint density at radius 1 is 0.543 bits per heavy atom. The smallest absolute Gasteiger partial charge is 0.294 e. The van der Waals surface area contributed by atoms with E-state index in [4.69, 9.17) is 11.6 Å². The predicted octanol–water partition coefficient (Wildman–Crippen LogP) is 10.5. The van der Waals surface area contributed by atoms with Crippen LogP contribution in [0.25, 0.3) is 21.5 Å². The Hall–Kier alpha value is -5.04. The Kier molecular flexibility index (Phi) is 9.52. The molecule has 11 nitrogen and oxygen atoms in total. The van der Waals surface area contributed by atoms with Gasteiger partial charge >= 0.3 is 0 Å². The molecular formula is C32H21ClFeN6O5S. The molecule has 14 heteroatoms. The Labute approximate surface area is 277 Å². The van der Waals surface area contributed by atoms with Crippen LogP contribution < -0.4 is 0 Å². The van der Waals surface area contributed by atoms with E-state index in [-0.39, 0.29) is 44.8 Å². The van der Waals surface area contributed by atoms with Crippen LogP contribution in [0.2, 0.25) is 5.02 Å². The van der Waals surface area contributed by atoms with Crippen LogP contribution in [0.1, 0.15) is 0 Å². The summed E-state index contributed by atoms with van der Waals surface area (Å²) < 4.78 is 32.3. The first kappa shape index (κ1) is 32.4. The Morgan fingerprint density at radius 3 is 1.76 bits per heavy atom. The van der Waals surface area contributed by atoms with Gasteiger partial charge in [-0.2, -0.15) is 18.6 Å². The first-order chi connectivity index (χ1) is 21.7. The van der Waals surface area contributed by atoms with Crippen LogP contribution in [0, 0.1) is 0 Å². The quantitative estimate of drug-likeness (QED) is 0.0857. The van der Waals surface area contributed by atoms with Crippen molar-refractivity contribution >= 4 is 77.4 Å². The number of phenolic OH excluding ortho intramolecular Hbond substituents is 2. The fraction of sp³-hybridized carbons (Fsp3) is 0. The van der Waals surface area contributed by atoms with E-state index < -0.39 is 10.1 Å². The number of nitrogens with zero attached hydrogens (tertiary/aromatic N) is 6. The topological polar surface area (TPSA) is 169 Å². The molecule has 0 bridgehead atoms. The zero-order chi connectivity index (χ0) is 31.6. The number of fused-ring (bicyclic) bond motifs is 2. The van der Waals surface area contributed by atoms with Gasteiger partial charge in [-0.1, -0.05) is 48.0 Å². The van der Waals surface area contributed by atoms with Gasteiger partial charge in [0.25, 0.3) is 10.1 Å². The minimum absolute atomic E-state index is 0. The summed E-state index contributed by atoms with van der Waals surface area (Å²) in [6.45, 7) is 0. The number of azo groups is 3. The number of halogens is 1. The molecule has 3 N–H and O–H groups in total. The summed E-state index contributed by atoms with van der Waals surface area (Å²) in [5, 5.41) is 49.5. The number of phenols is 2. The van der Waals surface area contributed by atoms with Crippen molar-refractivity contribution in [1.29, 1.82) is 0 Å². The van der Waals surface area contributed by atoms with E-state index in [9.17, 15) is 23.2 Å². The monoisotopic (exact) mass is 692 g/mol. The third kappa shape index (κ3) is 7.09. The molecule has 0 amide bonds. The molecule has 0 aliphatic heterocycles. The SMILES string of the molecule is O=S(=O)(O)c1ccc2c(N=Nc3ccc(N=Nc4ccc(N=Nc5ccc(Cl)cc5)c5ccccc45)cc3O)c(O)ccc2c1.[Fe]. The zero-order valence-corrected chi connectivity index (χ0v) is 26.1. The minimum atomic E-state index is -4.41. The van der Waals surface area contributed by atoms with E-state index in [0.29, 0.717) is 38.5 Å². The average molecular weight is 693 g/mol. The molecule has 230 valence electrons. The van der Waals surface area contributed by atoms with Crippen LogP contribution in [0.5, 0.6) is 11.5 Å². The molecule has 46 heavy (non-hydrogen) atoms. The predicted molar refractivity (Wildman–Crippen MR) is 171 cm³/mol. The fourth-order valence-electron chi connectivity index (χ4n) is 4.48. The van der Waals surface area contributed by atoms with Gasteiger partial charge in [0.05, 0.1) is 27.6 Å². The zero-order valence-electron chi connectivity index (χ0n) is 23.4. The number of aromatic hydroxyl groups is 2. The second-order valence-electron chi connectivity index (χ2n) is 9.69. The summed E-state index contributed by atoms with van der Waals surface area (Å²) in [6.07, 6.45) is 0. The van der Waals surface area contributed by atoms with Crippen molar-refractivity contribution in [2.24, 2.45) is 30.7 Å². The standard InChI is InChI=1S/C32H21ClN6O5S.Fe/c33-20-6-8-21(9-7-20)34-36-27-14-15-28(26-4-2-1-3-25(26)27)37-35-22-10-13-29(31(41)18-22)38-39-32-24-12-11-23(45(42,43)44)17-19(24)5-16-30(32)40;/h1-18,40-41H,(H,42,43,44);. The van der Waals surface area contributed by atoms with E-state index >= 15 is 0 Å². The maximum atomic E-state index is 11.5. The van der Waals surface area contributed by atoms with Crippen molar-refractivity contribution in [3.63, 3.8) is 0 Å². The van der Waals surface area contributed by atoms with Crippen molar-refractivity contribution in [1.82, 2.24) is 0 Å². The van der Waals surface area contributed by atoms with Gasteiger partial charge in [0, 0.05) is 44.3 Å². The molecule has 0 fully saturated rings. The average Bonchev–Trinajstić information content (AvgIpc) is 3.03. The second kappa shape index (κ2) is 13.5. The maximum Gasteiger partial charge on any atom is 0.294 e. The van der Waals surface area contributed by atoms with Crippen LogP contribution in [-0.2, 0) is 27.2 Å². The first-order valence-corrected chi connectivity index (χ1v) is 15.1. The van der Waals surface area contributed by atoms with E-state index in [0.717, 1.165) is 10.8 Å². The van der Waals surface area contributed by atoms with Gasteiger partial charge in [0.15, 0.2) is 0 Å². The molecule has 6 aromatic carbocycles. The molecule has 0 saturated heterocycles. The molecule has 0 unspecified atom stereocenters. The van der Waals surface area contributed by atoms with Gasteiger partial charge in [-0.15, -0.1) is 20.5 Å². The van der Waals surface area contributed by atoms with Crippen LogP contribution in [0.3, 0.4) is 0 Å². The maximum absolute atomic E-state index is 11.5. The molecule has 0 atom stereocenters. The molecule has 0 aromatic heterocycles. The number of hydrogen-bond donors (Lipinski definition) is 3. The molecule has 6 rings (SSSR count). The van der Waals surface area contributed by atoms with Gasteiger partial charge in [-0.05, 0) is 72.1 Å². The summed E-state index contributed by atoms with van der Waals surface area (Å²) in [4.78, 5) is -0.297. The van der Waals surface area contributed by atoms with Crippen molar-refractivity contribution in [3.05, 3.63) is 114 Å². The summed E-state index contributed by atoms with van der Waals surface area (Å²) in [5.41, 5.74) is 2.41. The number of benzene rings is 6. The van der Waals surface area contributed by atoms with E-state index in [1.165, 1.54) is 42.5 Å². The van der Waals surface area contributed by atoms with Crippen molar-refractivity contribution < 1.29 is 40.3 Å². The number of rotatable bonds is 7.